The summed E-state index contributed by atoms with van der Waals surface area (Å²) in [6, 6.07) is 20.7. The minimum absolute atomic E-state index is 0.166. The van der Waals surface area contributed by atoms with Crippen molar-refractivity contribution in [2.75, 3.05) is 5.32 Å². The molecular weight excluding hydrogens is 419 g/mol. The molecule has 2 heterocycles. The summed E-state index contributed by atoms with van der Waals surface area (Å²) >= 11 is 0. The van der Waals surface area contributed by atoms with Crippen LogP contribution in [0.15, 0.2) is 72.8 Å². The molecule has 33 heavy (non-hydrogen) atoms. The van der Waals surface area contributed by atoms with Gasteiger partial charge in [-0.15, -0.1) is 10.2 Å². The number of aryl methyl sites for hydroxylation is 2. The molecule has 1 aliphatic rings. The van der Waals surface area contributed by atoms with Crippen LogP contribution in [0, 0.1) is 12.7 Å². The molecule has 0 spiro atoms. The van der Waals surface area contributed by atoms with Crippen molar-refractivity contribution in [2.24, 2.45) is 0 Å². The van der Waals surface area contributed by atoms with Crippen LogP contribution in [0.1, 0.15) is 39.9 Å². The molecule has 166 valence electrons. The third-order valence-electron chi connectivity index (χ3n) is 5.91. The summed E-state index contributed by atoms with van der Waals surface area (Å²) in [5.41, 5.74) is 2.43. The summed E-state index contributed by atoms with van der Waals surface area (Å²) < 4.78 is 20.9. The zero-order chi connectivity index (χ0) is 22.8. The van der Waals surface area contributed by atoms with Gasteiger partial charge in [0.2, 0.25) is 0 Å². The van der Waals surface area contributed by atoms with Crippen molar-refractivity contribution in [3.63, 3.8) is 0 Å². The second kappa shape index (κ2) is 8.86. The van der Waals surface area contributed by atoms with Crippen molar-refractivity contribution >= 4 is 11.6 Å². The van der Waals surface area contributed by atoms with Crippen LogP contribution in [0.2, 0.25) is 0 Å². The number of nitrogens with one attached hydrogen (secondary N) is 1. The molecule has 0 saturated carbocycles. The van der Waals surface area contributed by atoms with Crippen LogP contribution in [0.5, 0.6) is 11.5 Å². The van der Waals surface area contributed by atoms with E-state index in [4.69, 9.17) is 4.74 Å². The molecule has 1 aliphatic heterocycles. The number of amides is 1. The second-order valence-electron chi connectivity index (χ2n) is 8.17. The number of ether oxygens (including phenoxy) is 1. The molecule has 5 rings (SSSR count). The summed E-state index contributed by atoms with van der Waals surface area (Å²) in [4.78, 5) is 12.9. The summed E-state index contributed by atoms with van der Waals surface area (Å²) in [5.74, 6) is 2.94. The predicted octanol–water partition coefficient (Wildman–Crippen LogP) is 5.50. The fraction of sp³-hybridized carbons (Fsp3) is 0.192. The normalized spacial score (nSPS) is 15.0. The number of hydrogen-bond donors (Lipinski definition) is 1. The van der Waals surface area contributed by atoms with Crippen molar-refractivity contribution < 1.29 is 13.9 Å². The number of anilines is 1. The van der Waals surface area contributed by atoms with Crippen molar-refractivity contribution in [1.29, 1.82) is 0 Å². The molecule has 0 saturated heterocycles. The molecule has 4 aromatic rings. The molecule has 0 bridgehead atoms. The van der Waals surface area contributed by atoms with Gasteiger partial charge in [-0.05, 0) is 79.6 Å². The molecule has 1 unspecified atom stereocenters. The van der Waals surface area contributed by atoms with Crippen molar-refractivity contribution in [1.82, 2.24) is 14.8 Å². The number of fused-ring (bicyclic) bond motifs is 1. The van der Waals surface area contributed by atoms with Gasteiger partial charge < -0.3 is 14.6 Å². The molecule has 0 aliphatic carbocycles. The fourth-order valence-corrected chi connectivity index (χ4v) is 4.12. The maximum absolute atomic E-state index is 13.0. The number of nitrogens with zero attached hydrogens (tertiary/aromatic N) is 3. The minimum Gasteiger partial charge on any atom is -0.457 e. The lowest BCUT2D eigenvalue weighted by Gasteiger charge is -2.24. The Balaban J connectivity index is 1.25. The highest BCUT2D eigenvalue weighted by Gasteiger charge is 2.23. The molecule has 3 aromatic carbocycles. The first-order chi connectivity index (χ1) is 16.0. The number of hydrogen-bond acceptors (Lipinski definition) is 4. The van der Waals surface area contributed by atoms with Gasteiger partial charge in [-0.3, -0.25) is 4.79 Å². The molecule has 1 N–H and O–H groups in total. The number of rotatable bonds is 5. The Morgan fingerprint density at radius 2 is 1.76 bits per heavy atom. The van der Waals surface area contributed by atoms with E-state index in [1.165, 1.54) is 12.1 Å². The van der Waals surface area contributed by atoms with Gasteiger partial charge in [0.05, 0.1) is 0 Å². The number of carbonyl (C=O) groups is 1. The van der Waals surface area contributed by atoms with E-state index in [1.807, 2.05) is 25.1 Å². The number of carbonyl (C=O) groups excluding carboxylic acids is 1. The second-order valence-corrected chi connectivity index (χ2v) is 8.17. The van der Waals surface area contributed by atoms with Crippen molar-refractivity contribution in [2.45, 2.75) is 32.2 Å². The summed E-state index contributed by atoms with van der Waals surface area (Å²) in [5, 5.41) is 11.3. The molecule has 1 atom stereocenters. The van der Waals surface area contributed by atoms with Crippen LogP contribution in [-0.2, 0) is 13.0 Å². The van der Waals surface area contributed by atoms with Gasteiger partial charge in [0.1, 0.15) is 29.0 Å². The lowest BCUT2D eigenvalue weighted by Crippen LogP contribution is -2.20. The van der Waals surface area contributed by atoms with Crippen molar-refractivity contribution in [3.8, 4) is 11.5 Å². The van der Waals surface area contributed by atoms with Gasteiger partial charge in [-0.25, -0.2) is 4.39 Å². The summed E-state index contributed by atoms with van der Waals surface area (Å²) in [6.45, 7) is 2.80. The van der Waals surface area contributed by atoms with Gasteiger partial charge in [-0.1, -0.05) is 12.1 Å². The summed E-state index contributed by atoms with van der Waals surface area (Å²) in [6.07, 6.45) is 1.87. The highest BCUT2D eigenvalue weighted by Crippen LogP contribution is 2.29. The Labute approximate surface area is 191 Å². The van der Waals surface area contributed by atoms with E-state index >= 15 is 0 Å². The SMILES string of the molecule is Cc1nnc2n1CC(c1cccc(C(=O)Nc3ccc(Oc4ccc(F)cc4)cc3)c1)CC2. The van der Waals surface area contributed by atoms with E-state index in [0.29, 0.717) is 28.7 Å². The Bertz CT molecular complexity index is 1280. The molecule has 0 fully saturated rings. The topological polar surface area (TPSA) is 69.0 Å². The van der Waals surface area contributed by atoms with E-state index in [1.54, 1.807) is 36.4 Å². The summed E-state index contributed by atoms with van der Waals surface area (Å²) in [7, 11) is 0. The van der Waals surface area contributed by atoms with Crippen LogP contribution in [0.4, 0.5) is 10.1 Å². The van der Waals surface area contributed by atoms with E-state index in [9.17, 15) is 9.18 Å². The van der Waals surface area contributed by atoms with Gasteiger partial charge in [0, 0.05) is 30.1 Å². The van der Waals surface area contributed by atoms with Crippen LogP contribution >= 0.6 is 0 Å². The Kier molecular flexibility index (Phi) is 5.60. The van der Waals surface area contributed by atoms with E-state index in [-0.39, 0.29) is 11.7 Å². The van der Waals surface area contributed by atoms with E-state index < -0.39 is 0 Å². The predicted molar refractivity (Wildman–Crippen MR) is 123 cm³/mol. The zero-order valence-corrected chi connectivity index (χ0v) is 18.2. The van der Waals surface area contributed by atoms with E-state index in [2.05, 4.69) is 26.1 Å². The lowest BCUT2D eigenvalue weighted by atomic mass is 9.90. The van der Waals surface area contributed by atoms with Gasteiger partial charge in [0.25, 0.3) is 5.91 Å². The highest BCUT2D eigenvalue weighted by atomic mass is 19.1. The third-order valence-corrected chi connectivity index (χ3v) is 5.91. The third kappa shape index (κ3) is 4.62. The maximum Gasteiger partial charge on any atom is 0.255 e. The van der Waals surface area contributed by atoms with Gasteiger partial charge >= 0.3 is 0 Å². The quantitative estimate of drug-likeness (QED) is 0.443. The average Bonchev–Trinajstić information content (AvgIpc) is 3.22. The Morgan fingerprint density at radius 1 is 1.03 bits per heavy atom. The molecule has 1 aromatic heterocycles. The monoisotopic (exact) mass is 442 g/mol. The first-order valence-electron chi connectivity index (χ1n) is 10.9. The van der Waals surface area contributed by atoms with Crippen LogP contribution < -0.4 is 10.1 Å². The highest BCUT2D eigenvalue weighted by molar-refractivity contribution is 6.04. The fourth-order valence-electron chi connectivity index (χ4n) is 4.12. The Morgan fingerprint density at radius 3 is 2.52 bits per heavy atom. The number of halogens is 1. The van der Waals surface area contributed by atoms with Crippen LogP contribution in [0.3, 0.4) is 0 Å². The smallest absolute Gasteiger partial charge is 0.255 e. The van der Waals surface area contributed by atoms with Crippen molar-refractivity contribution in [3.05, 3.63) is 101 Å². The number of aromatic nitrogens is 3. The average molecular weight is 442 g/mol. The zero-order valence-electron chi connectivity index (χ0n) is 18.2. The molecule has 7 heteroatoms. The van der Waals surface area contributed by atoms with Crippen LogP contribution in [0.25, 0.3) is 0 Å². The first-order valence-corrected chi connectivity index (χ1v) is 10.9. The van der Waals surface area contributed by atoms with E-state index in [0.717, 1.165) is 36.6 Å². The molecule has 0 radical (unpaired) electrons. The molecular formula is C26H23FN4O2. The number of benzene rings is 3. The maximum atomic E-state index is 13.0. The minimum atomic E-state index is -0.313. The van der Waals surface area contributed by atoms with Gasteiger partial charge in [-0.2, -0.15) is 0 Å². The largest absolute Gasteiger partial charge is 0.457 e. The van der Waals surface area contributed by atoms with Gasteiger partial charge in [0.15, 0.2) is 0 Å². The standard InChI is InChI=1S/C26H23FN4O2/c1-17-29-30-25-14-5-20(16-31(17)25)18-3-2-4-19(15-18)26(32)28-22-8-12-24(13-9-22)33-23-10-6-21(27)7-11-23/h2-4,6-13,15,20H,5,14,16H2,1H3,(H,28,32). The molecule has 1 amide bonds. The first kappa shape index (κ1) is 20.9. The van der Waals surface area contributed by atoms with Crippen LogP contribution in [-0.4, -0.2) is 20.7 Å². The molecule has 6 nitrogen and oxygen atoms in total. The Hall–Kier alpha value is -4.00. The lowest BCUT2D eigenvalue weighted by molar-refractivity contribution is 0.102.